The van der Waals surface area contributed by atoms with Crippen LogP contribution in [-0.4, -0.2) is 76.2 Å². The van der Waals surface area contributed by atoms with Gasteiger partial charge in [0.05, 0.1) is 35.2 Å². The molecule has 198 valence electrons. The van der Waals surface area contributed by atoms with Crippen LogP contribution in [0.3, 0.4) is 0 Å². The molecule has 0 atom stereocenters. The molecule has 1 N–H and O–H groups in total. The molecule has 2 saturated heterocycles. The number of carboxylic acid groups (broad SMARTS) is 1. The lowest BCUT2D eigenvalue weighted by molar-refractivity contribution is 0.0212. The molecule has 4 heterocycles. The van der Waals surface area contributed by atoms with Crippen molar-refractivity contribution in [1.82, 2.24) is 19.7 Å². The number of halogens is 1. The highest BCUT2D eigenvalue weighted by molar-refractivity contribution is 5.98. The molecule has 2 fully saturated rings. The summed E-state index contributed by atoms with van der Waals surface area (Å²) in [5.41, 5.74) is 2.77. The molecule has 0 amide bonds. The molecule has 0 unspecified atom stereocenters. The average molecular weight is 510 g/mol. The van der Waals surface area contributed by atoms with Gasteiger partial charge in [0.15, 0.2) is 11.3 Å². The number of piperidine rings is 2. The van der Waals surface area contributed by atoms with Gasteiger partial charge < -0.3 is 19.6 Å². The number of carbonyl (C=O) groups is 1. The number of fused-ring (bicyclic) bond motifs is 1. The van der Waals surface area contributed by atoms with Crippen LogP contribution in [0.25, 0.3) is 16.7 Å². The van der Waals surface area contributed by atoms with E-state index in [0.29, 0.717) is 11.3 Å². The third-order valence-electron chi connectivity index (χ3n) is 7.47. The van der Waals surface area contributed by atoms with Gasteiger partial charge in [-0.3, -0.25) is 0 Å². The molecular weight excluding hydrogens is 473 g/mol. The maximum Gasteiger partial charge on any atom is 0.354 e. The fourth-order valence-electron chi connectivity index (χ4n) is 5.44. The van der Waals surface area contributed by atoms with Gasteiger partial charge in [0, 0.05) is 19.6 Å². The molecule has 8 nitrogen and oxygen atoms in total. The monoisotopic (exact) mass is 509 g/mol. The van der Waals surface area contributed by atoms with Crippen LogP contribution in [0.4, 0.5) is 10.1 Å². The normalized spacial score (nSPS) is 17.7. The first-order valence-electron chi connectivity index (χ1n) is 13.4. The maximum atomic E-state index is 13.6. The fraction of sp³-hybridized carbons (Fsp3) is 0.536. The van der Waals surface area contributed by atoms with Crippen LogP contribution in [0.1, 0.15) is 68.1 Å². The van der Waals surface area contributed by atoms with Crippen LogP contribution in [0.2, 0.25) is 0 Å². The van der Waals surface area contributed by atoms with E-state index >= 15 is 0 Å². The van der Waals surface area contributed by atoms with Crippen LogP contribution in [0.5, 0.6) is 0 Å². The first-order valence-corrected chi connectivity index (χ1v) is 13.4. The van der Waals surface area contributed by atoms with Crippen LogP contribution in [0, 0.1) is 5.82 Å². The van der Waals surface area contributed by atoms with Crippen molar-refractivity contribution in [3.05, 3.63) is 47.5 Å². The number of aromatic nitrogens is 3. The van der Waals surface area contributed by atoms with Crippen molar-refractivity contribution in [2.24, 2.45) is 0 Å². The van der Waals surface area contributed by atoms with Crippen molar-refractivity contribution in [2.45, 2.75) is 58.0 Å². The number of aromatic carboxylic acids is 1. The van der Waals surface area contributed by atoms with Crippen LogP contribution >= 0.6 is 0 Å². The minimum atomic E-state index is -1.09. The minimum Gasteiger partial charge on any atom is -0.477 e. The van der Waals surface area contributed by atoms with E-state index in [1.165, 1.54) is 44.5 Å². The first-order chi connectivity index (χ1) is 17.9. The third-order valence-corrected chi connectivity index (χ3v) is 7.47. The third kappa shape index (κ3) is 5.62. The molecule has 1 aromatic carbocycles. The van der Waals surface area contributed by atoms with Crippen molar-refractivity contribution >= 4 is 22.7 Å². The Morgan fingerprint density at radius 1 is 1.11 bits per heavy atom. The van der Waals surface area contributed by atoms with Gasteiger partial charge in [-0.25, -0.2) is 18.9 Å². The Bertz CT molecular complexity index is 1230. The highest BCUT2D eigenvalue weighted by atomic mass is 19.1. The van der Waals surface area contributed by atoms with E-state index in [2.05, 4.69) is 28.6 Å². The Balaban J connectivity index is 1.40. The smallest absolute Gasteiger partial charge is 0.354 e. The Kier molecular flexibility index (Phi) is 7.71. The molecule has 37 heavy (non-hydrogen) atoms. The van der Waals surface area contributed by atoms with Crippen LogP contribution in [0.15, 0.2) is 30.3 Å². The second-order valence-corrected chi connectivity index (χ2v) is 10.4. The van der Waals surface area contributed by atoms with E-state index in [0.717, 1.165) is 55.9 Å². The standard InChI is InChI=1S/C28H36FN5O3/c1-19(2)26-25-24(33-14-10-22(11-15-33)37-17-16-32-12-4-3-5-13-32)18-23(28(35)36)30-27(25)34(31-26)21-8-6-20(29)7-9-21/h6-9,18-19,22H,3-5,10-17H2,1-2H3,(H,35,36). The quantitative estimate of drug-likeness (QED) is 0.465. The van der Waals surface area contributed by atoms with Crippen LogP contribution < -0.4 is 4.90 Å². The second kappa shape index (κ2) is 11.1. The molecule has 2 aliphatic heterocycles. The predicted molar refractivity (Wildman–Crippen MR) is 141 cm³/mol. The molecular formula is C28H36FN5O3. The zero-order valence-electron chi connectivity index (χ0n) is 21.7. The van der Waals surface area contributed by atoms with Crippen molar-refractivity contribution in [1.29, 1.82) is 0 Å². The molecule has 3 aromatic rings. The number of pyridine rings is 1. The Morgan fingerprint density at radius 2 is 1.81 bits per heavy atom. The van der Waals surface area contributed by atoms with Gasteiger partial charge >= 0.3 is 5.97 Å². The van der Waals surface area contributed by atoms with Crippen molar-refractivity contribution in [3.63, 3.8) is 0 Å². The summed E-state index contributed by atoms with van der Waals surface area (Å²) in [6, 6.07) is 7.68. The zero-order valence-corrected chi connectivity index (χ0v) is 21.7. The van der Waals surface area contributed by atoms with Crippen molar-refractivity contribution < 1.29 is 19.0 Å². The average Bonchev–Trinajstić information content (AvgIpc) is 3.30. The molecule has 0 radical (unpaired) electrons. The van der Waals surface area contributed by atoms with E-state index in [-0.39, 0.29) is 23.5 Å². The topological polar surface area (TPSA) is 83.7 Å². The van der Waals surface area contributed by atoms with Gasteiger partial charge in [0.2, 0.25) is 0 Å². The summed E-state index contributed by atoms with van der Waals surface area (Å²) >= 11 is 0. The molecule has 0 spiro atoms. The summed E-state index contributed by atoms with van der Waals surface area (Å²) in [4.78, 5) is 21.2. The van der Waals surface area contributed by atoms with Gasteiger partial charge in [0.25, 0.3) is 0 Å². The SMILES string of the molecule is CC(C)c1nn(-c2ccc(F)cc2)c2nc(C(=O)O)cc(N3CCC(OCCN4CCCCC4)CC3)c12. The van der Waals surface area contributed by atoms with Crippen molar-refractivity contribution in [3.8, 4) is 5.69 Å². The van der Waals surface area contributed by atoms with E-state index in [9.17, 15) is 14.3 Å². The van der Waals surface area contributed by atoms with Gasteiger partial charge in [-0.15, -0.1) is 0 Å². The van der Waals surface area contributed by atoms with Gasteiger partial charge in [-0.2, -0.15) is 5.10 Å². The summed E-state index contributed by atoms with van der Waals surface area (Å²) in [5, 5.41) is 15.5. The molecule has 0 saturated carbocycles. The zero-order chi connectivity index (χ0) is 25.9. The number of ether oxygens (including phenoxy) is 1. The summed E-state index contributed by atoms with van der Waals surface area (Å²) in [7, 11) is 0. The number of anilines is 1. The number of rotatable bonds is 8. The highest BCUT2D eigenvalue weighted by Crippen LogP contribution is 2.36. The van der Waals surface area contributed by atoms with Gasteiger partial charge in [-0.1, -0.05) is 20.3 Å². The lowest BCUT2D eigenvalue weighted by Crippen LogP contribution is -2.39. The van der Waals surface area contributed by atoms with Crippen molar-refractivity contribution in [2.75, 3.05) is 44.2 Å². The molecule has 5 rings (SSSR count). The van der Waals surface area contributed by atoms with E-state index in [1.807, 2.05) is 0 Å². The largest absolute Gasteiger partial charge is 0.477 e. The van der Waals surface area contributed by atoms with Gasteiger partial charge in [-0.05, 0) is 75.0 Å². The number of carboxylic acids is 1. The summed E-state index contributed by atoms with van der Waals surface area (Å²) < 4.78 is 21.5. The summed E-state index contributed by atoms with van der Waals surface area (Å²) in [6.07, 6.45) is 5.89. The molecule has 2 aliphatic rings. The molecule has 0 bridgehead atoms. The number of hydrogen-bond acceptors (Lipinski definition) is 6. The lowest BCUT2D eigenvalue weighted by Gasteiger charge is -2.34. The first kappa shape index (κ1) is 25.6. The van der Waals surface area contributed by atoms with Gasteiger partial charge in [0.1, 0.15) is 5.82 Å². The molecule has 0 aliphatic carbocycles. The van der Waals surface area contributed by atoms with E-state index in [1.54, 1.807) is 22.9 Å². The fourth-order valence-corrected chi connectivity index (χ4v) is 5.44. The van der Waals surface area contributed by atoms with E-state index < -0.39 is 5.97 Å². The predicted octanol–water partition coefficient (Wildman–Crippen LogP) is 4.85. The summed E-state index contributed by atoms with van der Waals surface area (Å²) in [5.74, 6) is -1.33. The molecule has 9 heteroatoms. The maximum absolute atomic E-state index is 13.6. The Morgan fingerprint density at radius 3 is 2.46 bits per heavy atom. The van der Waals surface area contributed by atoms with Crippen LogP contribution in [-0.2, 0) is 4.74 Å². The minimum absolute atomic E-state index is 0.0269. The van der Waals surface area contributed by atoms with E-state index in [4.69, 9.17) is 9.84 Å². The highest BCUT2D eigenvalue weighted by Gasteiger charge is 2.27. The number of nitrogens with zero attached hydrogens (tertiary/aromatic N) is 5. The lowest BCUT2D eigenvalue weighted by atomic mass is 10.0. The Labute approximate surface area is 217 Å². The second-order valence-electron chi connectivity index (χ2n) is 10.4. The molecule has 2 aromatic heterocycles. The number of benzene rings is 1. The Hall–Kier alpha value is -3.04. The number of hydrogen-bond donors (Lipinski definition) is 1. The number of likely N-dealkylation sites (tertiary alicyclic amines) is 1. The summed E-state index contributed by atoms with van der Waals surface area (Å²) in [6.45, 7) is 9.77.